The normalized spacial score (nSPS) is 17.3. The number of aromatic amines is 1. The standard InChI is InChI=1S/C15H10N4O3S/c1-22-9-4-2-8(3-5-9)6-10-14(21)19-12-11(23-15(19)18-10)13(20)17-7-16-12/h2-7H,1H3,(H,16,17,20)/b10-6-. The van der Waals surface area contributed by atoms with E-state index in [4.69, 9.17) is 4.74 Å². The molecule has 0 saturated heterocycles. The van der Waals surface area contributed by atoms with E-state index in [1.54, 1.807) is 13.2 Å². The third kappa shape index (κ3) is 2.15. The molecular weight excluding hydrogens is 316 g/mol. The number of carbonyl (C=O) groups excluding carboxylic acids is 1. The Balaban J connectivity index is 1.70. The summed E-state index contributed by atoms with van der Waals surface area (Å²) in [6.07, 6.45) is 2.98. The molecule has 4 rings (SSSR count). The lowest BCUT2D eigenvalue weighted by atomic mass is 10.2. The average molecular weight is 326 g/mol. The van der Waals surface area contributed by atoms with Crippen molar-refractivity contribution in [3.63, 3.8) is 0 Å². The minimum Gasteiger partial charge on any atom is -0.497 e. The highest BCUT2D eigenvalue weighted by Gasteiger charge is 2.41. The lowest BCUT2D eigenvalue weighted by Gasteiger charge is -2.08. The average Bonchev–Trinajstić information content (AvgIpc) is 3.07. The minimum atomic E-state index is -0.292. The van der Waals surface area contributed by atoms with Gasteiger partial charge in [-0.25, -0.2) is 14.9 Å². The molecule has 0 spiro atoms. The van der Waals surface area contributed by atoms with Gasteiger partial charge in [0.15, 0.2) is 11.0 Å². The van der Waals surface area contributed by atoms with Gasteiger partial charge in [-0.05, 0) is 35.5 Å². The summed E-state index contributed by atoms with van der Waals surface area (Å²) in [7, 11) is 1.60. The number of aromatic nitrogens is 2. The number of thioether (sulfide) groups is 1. The Bertz CT molecular complexity index is 930. The largest absolute Gasteiger partial charge is 0.497 e. The fourth-order valence-corrected chi connectivity index (χ4v) is 3.30. The summed E-state index contributed by atoms with van der Waals surface area (Å²) in [6, 6.07) is 7.30. The summed E-state index contributed by atoms with van der Waals surface area (Å²) in [6.45, 7) is 0. The second-order valence-electron chi connectivity index (χ2n) is 4.82. The van der Waals surface area contributed by atoms with Crippen molar-refractivity contribution in [1.82, 2.24) is 9.97 Å². The van der Waals surface area contributed by atoms with Crippen LogP contribution in [0.15, 0.2) is 51.0 Å². The van der Waals surface area contributed by atoms with Gasteiger partial charge in [0.1, 0.15) is 16.3 Å². The number of anilines is 1. The van der Waals surface area contributed by atoms with Crippen molar-refractivity contribution in [2.45, 2.75) is 4.90 Å². The van der Waals surface area contributed by atoms with Crippen molar-refractivity contribution in [3.8, 4) is 5.75 Å². The van der Waals surface area contributed by atoms with Crippen LogP contribution in [0.4, 0.5) is 5.82 Å². The first kappa shape index (κ1) is 13.8. The molecule has 2 aliphatic rings. The number of aliphatic imine (C=N–C) groups is 1. The molecule has 0 bridgehead atoms. The van der Waals surface area contributed by atoms with Gasteiger partial charge in [0.2, 0.25) is 0 Å². The molecule has 7 nitrogen and oxygen atoms in total. The maximum Gasteiger partial charge on any atom is 0.284 e. The van der Waals surface area contributed by atoms with Crippen molar-refractivity contribution < 1.29 is 9.53 Å². The maximum atomic E-state index is 12.5. The molecule has 0 radical (unpaired) electrons. The first-order valence-electron chi connectivity index (χ1n) is 6.72. The molecule has 2 aliphatic heterocycles. The van der Waals surface area contributed by atoms with Crippen LogP contribution in [0.3, 0.4) is 0 Å². The molecule has 0 unspecified atom stereocenters. The van der Waals surface area contributed by atoms with Crippen LogP contribution < -0.4 is 15.2 Å². The van der Waals surface area contributed by atoms with Gasteiger partial charge in [-0.3, -0.25) is 9.59 Å². The zero-order chi connectivity index (χ0) is 16.0. The molecule has 1 aromatic carbocycles. The third-order valence-electron chi connectivity index (χ3n) is 3.45. The van der Waals surface area contributed by atoms with Gasteiger partial charge in [-0.15, -0.1) is 0 Å². The number of fused-ring (bicyclic) bond motifs is 3. The molecule has 0 atom stereocenters. The molecule has 8 heteroatoms. The number of carbonyl (C=O) groups is 1. The molecule has 3 heterocycles. The number of rotatable bonds is 2. The quantitative estimate of drug-likeness (QED) is 0.848. The van der Waals surface area contributed by atoms with E-state index >= 15 is 0 Å². The molecule has 23 heavy (non-hydrogen) atoms. The molecule has 0 aliphatic carbocycles. The predicted molar refractivity (Wildman–Crippen MR) is 86.6 cm³/mol. The van der Waals surface area contributed by atoms with E-state index < -0.39 is 0 Å². The van der Waals surface area contributed by atoms with Crippen molar-refractivity contribution in [3.05, 3.63) is 52.2 Å². The second kappa shape index (κ2) is 5.10. The van der Waals surface area contributed by atoms with E-state index in [0.717, 1.165) is 23.1 Å². The Kier molecular flexibility index (Phi) is 3.05. The van der Waals surface area contributed by atoms with E-state index in [-0.39, 0.29) is 11.5 Å². The van der Waals surface area contributed by atoms with Crippen molar-refractivity contribution in [2.75, 3.05) is 12.0 Å². The highest BCUT2D eigenvalue weighted by Crippen LogP contribution is 2.40. The molecule has 1 N–H and O–H groups in total. The van der Waals surface area contributed by atoms with Crippen LogP contribution >= 0.6 is 11.8 Å². The summed E-state index contributed by atoms with van der Waals surface area (Å²) >= 11 is 1.15. The van der Waals surface area contributed by atoms with Crippen LogP contribution in [-0.2, 0) is 4.79 Å². The highest BCUT2D eigenvalue weighted by atomic mass is 32.2. The van der Waals surface area contributed by atoms with E-state index in [2.05, 4.69) is 15.0 Å². The summed E-state index contributed by atoms with van der Waals surface area (Å²) in [4.78, 5) is 36.9. The molecule has 0 fully saturated rings. The molecule has 114 valence electrons. The SMILES string of the molecule is COc1ccc(/C=C2\N=C3Sc4c(nc[nH]c4=O)N3C2=O)cc1. The van der Waals surface area contributed by atoms with Gasteiger partial charge in [0.05, 0.1) is 13.4 Å². The van der Waals surface area contributed by atoms with Crippen LogP contribution in [0.1, 0.15) is 5.56 Å². The molecular formula is C15H10N4O3S. The Labute approximate surface area is 134 Å². The van der Waals surface area contributed by atoms with E-state index in [1.807, 2.05) is 24.3 Å². The van der Waals surface area contributed by atoms with Crippen LogP contribution in [0.5, 0.6) is 5.75 Å². The van der Waals surface area contributed by atoms with E-state index in [1.165, 1.54) is 11.2 Å². The number of amides is 1. The van der Waals surface area contributed by atoms with Gasteiger partial charge >= 0.3 is 0 Å². The zero-order valence-electron chi connectivity index (χ0n) is 11.9. The lowest BCUT2D eigenvalue weighted by molar-refractivity contribution is -0.113. The fourth-order valence-electron chi connectivity index (χ4n) is 2.33. The number of H-pyrrole nitrogens is 1. The molecule has 0 saturated carbocycles. The third-order valence-corrected chi connectivity index (χ3v) is 4.47. The first-order chi connectivity index (χ1) is 11.2. The monoisotopic (exact) mass is 326 g/mol. The van der Waals surface area contributed by atoms with Gasteiger partial charge in [-0.2, -0.15) is 0 Å². The van der Waals surface area contributed by atoms with Crippen LogP contribution in [0.2, 0.25) is 0 Å². The number of nitrogens with zero attached hydrogens (tertiary/aromatic N) is 3. The zero-order valence-corrected chi connectivity index (χ0v) is 12.8. The number of amidine groups is 1. The summed E-state index contributed by atoms with van der Waals surface area (Å²) in [5, 5.41) is 0.453. The highest BCUT2D eigenvalue weighted by molar-refractivity contribution is 8.15. The molecule has 1 amide bonds. The van der Waals surface area contributed by atoms with Crippen molar-refractivity contribution >= 4 is 34.7 Å². The minimum absolute atomic E-state index is 0.273. The summed E-state index contributed by atoms with van der Waals surface area (Å²) in [5.41, 5.74) is 0.875. The Morgan fingerprint density at radius 1 is 1.26 bits per heavy atom. The van der Waals surface area contributed by atoms with E-state index in [9.17, 15) is 9.59 Å². The smallest absolute Gasteiger partial charge is 0.284 e. The van der Waals surface area contributed by atoms with Crippen molar-refractivity contribution in [1.29, 1.82) is 0 Å². The summed E-state index contributed by atoms with van der Waals surface area (Å²) in [5.74, 6) is 0.783. The second-order valence-corrected chi connectivity index (χ2v) is 5.80. The molecule has 1 aromatic heterocycles. The Hall–Kier alpha value is -2.87. The topological polar surface area (TPSA) is 87.7 Å². The van der Waals surface area contributed by atoms with E-state index in [0.29, 0.717) is 21.6 Å². The fraction of sp³-hybridized carbons (Fsp3) is 0.0667. The Morgan fingerprint density at radius 3 is 2.78 bits per heavy atom. The molecule has 2 aromatic rings. The number of hydrogen-bond acceptors (Lipinski definition) is 6. The number of benzene rings is 1. The predicted octanol–water partition coefficient (Wildman–Crippen LogP) is 1.63. The number of ether oxygens (including phenoxy) is 1. The number of methoxy groups -OCH3 is 1. The van der Waals surface area contributed by atoms with Gasteiger partial charge in [0.25, 0.3) is 11.5 Å². The van der Waals surface area contributed by atoms with Crippen LogP contribution in [0, 0.1) is 0 Å². The van der Waals surface area contributed by atoms with Gasteiger partial charge in [-0.1, -0.05) is 12.1 Å². The number of nitrogens with one attached hydrogen (secondary N) is 1. The van der Waals surface area contributed by atoms with Gasteiger partial charge < -0.3 is 9.72 Å². The van der Waals surface area contributed by atoms with Gasteiger partial charge in [0, 0.05) is 0 Å². The van der Waals surface area contributed by atoms with Crippen LogP contribution in [0.25, 0.3) is 6.08 Å². The van der Waals surface area contributed by atoms with Crippen molar-refractivity contribution in [2.24, 2.45) is 4.99 Å². The Morgan fingerprint density at radius 2 is 2.04 bits per heavy atom. The van der Waals surface area contributed by atoms with Crippen LogP contribution in [-0.4, -0.2) is 28.2 Å². The number of hydrogen-bond donors (Lipinski definition) is 1. The maximum absolute atomic E-state index is 12.5. The lowest BCUT2D eigenvalue weighted by Crippen LogP contribution is -2.28. The summed E-state index contributed by atoms with van der Waals surface area (Å²) < 4.78 is 5.10. The first-order valence-corrected chi connectivity index (χ1v) is 7.53.